The van der Waals surface area contributed by atoms with Crippen LogP contribution in [0.2, 0.25) is 0 Å². The van der Waals surface area contributed by atoms with Gasteiger partial charge in [0, 0.05) is 17.4 Å². The maximum Gasteiger partial charge on any atom is 0.127 e. The summed E-state index contributed by atoms with van der Waals surface area (Å²) >= 11 is 0. The van der Waals surface area contributed by atoms with E-state index in [2.05, 4.69) is 68.4 Å². The van der Waals surface area contributed by atoms with E-state index in [0.29, 0.717) is 0 Å². The van der Waals surface area contributed by atoms with Crippen molar-refractivity contribution >= 4 is 0 Å². The van der Waals surface area contributed by atoms with E-state index in [1.807, 2.05) is 0 Å². The Morgan fingerprint density at radius 2 is 1.56 bits per heavy atom. The molecule has 0 amide bonds. The number of para-hydroxylation sites is 1. The van der Waals surface area contributed by atoms with Gasteiger partial charge in [-0.3, -0.25) is 0 Å². The highest BCUT2D eigenvalue weighted by molar-refractivity contribution is 5.70. The number of rotatable bonds is 7. The third-order valence-electron chi connectivity index (χ3n) is 5.23. The summed E-state index contributed by atoms with van der Waals surface area (Å²) in [5, 5.41) is 0. The summed E-state index contributed by atoms with van der Waals surface area (Å²) in [6, 6.07) is 18.9. The highest BCUT2D eigenvalue weighted by atomic mass is 16.5. The van der Waals surface area contributed by atoms with Gasteiger partial charge in [0.05, 0.1) is 26.2 Å². The van der Waals surface area contributed by atoms with Crippen molar-refractivity contribution < 1.29 is 9.64 Å². The smallest absolute Gasteiger partial charge is 0.127 e. The lowest BCUT2D eigenvalue weighted by Crippen LogP contribution is -3.14. The molecule has 3 rings (SSSR count). The molecule has 2 heteroatoms. The molecule has 0 bridgehead atoms. The van der Waals surface area contributed by atoms with Gasteiger partial charge in [0.1, 0.15) is 5.75 Å². The molecule has 1 N–H and O–H groups in total. The van der Waals surface area contributed by atoms with Gasteiger partial charge in [0.25, 0.3) is 0 Å². The van der Waals surface area contributed by atoms with E-state index >= 15 is 0 Å². The molecule has 2 aromatic carbocycles. The van der Waals surface area contributed by atoms with Crippen molar-refractivity contribution in [2.24, 2.45) is 11.8 Å². The molecule has 2 aromatic rings. The summed E-state index contributed by atoms with van der Waals surface area (Å²) < 4.78 is 6.11. The van der Waals surface area contributed by atoms with E-state index in [1.54, 1.807) is 4.90 Å². The van der Waals surface area contributed by atoms with E-state index in [9.17, 15) is 0 Å². The van der Waals surface area contributed by atoms with E-state index in [1.165, 1.54) is 43.6 Å². The Hall–Kier alpha value is -1.80. The largest absolute Gasteiger partial charge is 0.493 e. The predicted octanol–water partition coefficient (Wildman–Crippen LogP) is 4.07. The number of hydrogen-bond donors (Lipinski definition) is 1. The van der Waals surface area contributed by atoms with Crippen LogP contribution in [0.1, 0.15) is 33.1 Å². The molecule has 1 unspecified atom stereocenters. The zero-order valence-corrected chi connectivity index (χ0v) is 15.7. The summed E-state index contributed by atoms with van der Waals surface area (Å²) in [6.45, 7) is 9.60. The van der Waals surface area contributed by atoms with Crippen molar-refractivity contribution in [3.05, 3.63) is 54.6 Å². The molecule has 0 aliphatic carbocycles. The number of benzene rings is 2. The average Bonchev–Trinajstić information content (AvgIpc) is 2.62. The molecule has 0 radical (unpaired) electrons. The van der Waals surface area contributed by atoms with Crippen LogP contribution in [0.5, 0.6) is 5.75 Å². The van der Waals surface area contributed by atoms with Crippen LogP contribution in [-0.4, -0.2) is 26.2 Å². The highest BCUT2D eigenvalue weighted by Gasteiger charge is 2.24. The first-order valence-electron chi connectivity index (χ1n) is 9.83. The maximum absolute atomic E-state index is 6.11. The zero-order valence-electron chi connectivity index (χ0n) is 15.7. The fourth-order valence-electron chi connectivity index (χ4n) is 4.23. The van der Waals surface area contributed by atoms with E-state index < -0.39 is 0 Å². The molecule has 25 heavy (non-hydrogen) atoms. The van der Waals surface area contributed by atoms with Gasteiger partial charge in [0.15, 0.2) is 0 Å². The Morgan fingerprint density at radius 3 is 2.32 bits per heavy atom. The first-order chi connectivity index (χ1) is 12.2. The first kappa shape index (κ1) is 18.0. The summed E-state index contributed by atoms with van der Waals surface area (Å²) in [4.78, 5) is 1.79. The molecule has 0 saturated carbocycles. The molecule has 0 aromatic heterocycles. The molecule has 1 heterocycles. The van der Waals surface area contributed by atoms with Gasteiger partial charge in [0.2, 0.25) is 0 Å². The molecule has 1 fully saturated rings. The first-order valence-corrected chi connectivity index (χ1v) is 9.83. The lowest BCUT2D eigenvalue weighted by Gasteiger charge is -2.32. The number of nitrogens with one attached hydrogen (secondary N) is 1. The summed E-state index contributed by atoms with van der Waals surface area (Å²) in [5.41, 5.74) is 2.41. The van der Waals surface area contributed by atoms with Gasteiger partial charge in [-0.05, 0) is 30.9 Å². The topological polar surface area (TPSA) is 13.7 Å². The second-order valence-electron chi connectivity index (χ2n) is 7.77. The van der Waals surface area contributed by atoms with Crippen LogP contribution in [0.4, 0.5) is 0 Å². The molecule has 1 aliphatic rings. The number of ether oxygens (including phenoxy) is 1. The van der Waals surface area contributed by atoms with Gasteiger partial charge in [-0.15, -0.1) is 0 Å². The Kier molecular flexibility index (Phi) is 6.52. The number of quaternary nitrogens is 1. The minimum absolute atomic E-state index is 0.808. The van der Waals surface area contributed by atoms with Gasteiger partial charge in [-0.25, -0.2) is 0 Å². The van der Waals surface area contributed by atoms with Crippen LogP contribution in [-0.2, 0) is 0 Å². The third kappa shape index (κ3) is 5.34. The molecule has 2 nitrogen and oxygen atoms in total. The molecule has 1 aliphatic heterocycles. The van der Waals surface area contributed by atoms with Crippen LogP contribution >= 0.6 is 0 Å². The molecular formula is C23H32NO+. The average molecular weight is 339 g/mol. The maximum atomic E-state index is 6.11. The van der Waals surface area contributed by atoms with E-state index in [4.69, 9.17) is 4.74 Å². The predicted molar refractivity (Wildman–Crippen MR) is 105 cm³/mol. The molecular weight excluding hydrogens is 306 g/mol. The minimum Gasteiger partial charge on any atom is -0.493 e. The Bertz CT molecular complexity index is 630. The lowest BCUT2D eigenvalue weighted by atomic mass is 9.92. The van der Waals surface area contributed by atoms with Crippen molar-refractivity contribution in [1.82, 2.24) is 0 Å². The fourth-order valence-corrected chi connectivity index (χ4v) is 4.23. The van der Waals surface area contributed by atoms with Crippen LogP contribution < -0.4 is 9.64 Å². The highest BCUT2D eigenvalue weighted by Crippen LogP contribution is 2.29. The molecule has 3 atom stereocenters. The SMILES string of the molecule is C[C@@H]1C[C@H](C)C[NH+](CCCCOc2ccccc2-c2ccccc2)C1. The Labute approximate surface area is 152 Å². The number of piperidine rings is 1. The van der Waals surface area contributed by atoms with Crippen LogP contribution in [0.15, 0.2) is 54.6 Å². The van der Waals surface area contributed by atoms with Crippen molar-refractivity contribution in [1.29, 1.82) is 0 Å². The quantitative estimate of drug-likeness (QED) is 0.751. The second-order valence-corrected chi connectivity index (χ2v) is 7.77. The van der Waals surface area contributed by atoms with Crippen LogP contribution in [0.25, 0.3) is 11.1 Å². The Balaban J connectivity index is 1.45. The minimum atomic E-state index is 0.808. The molecule has 134 valence electrons. The Morgan fingerprint density at radius 1 is 0.880 bits per heavy atom. The second kappa shape index (κ2) is 9.05. The lowest BCUT2D eigenvalue weighted by molar-refractivity contribution is -0.912. The molecule has 1 saturated heterocycles. The fraction of sp³-hybridized carbons (Fsp3) is 0.478. The van der Waals surface area contributed by atoms with Crippen molar-refractivity contribution in [2.75, 3.05) is 26.2 Å². The number of likely N-dealkylation sites (tertiary alicyclic amines) is 1. The third-order valence-corrected chi connectivity index (χ3v) is 5.23. The summed E-state index contributed by atoms with van der Waals surface area (Å²) in [7, 11) is 0. The zero-order chi connectivity index (χ0) is 17.5. The summed E-state index contributed by atoms with van der Waals surface area (Å²) in [5.74, 6) is 2.77. The van der Waals surface area contributed by atoms with E-state index in [-0.39, 0.29) is 0 Å². The van der Waals surface area contributed by atoms with E-state index in [0.717, 1.165) is 30.6 Å². The van der Waals surface area contributed by atoms with Crippen LogP contribution in [0, 0.1) is 11.8 Å². The summed E-state index contributed by atoms with van der Waals surface area (Å²) in [6.07, 6.45) is 3.79. The van der Waals surface area contributed by atoms with Crippen LogP contribution in [0.3, 0.4) is 0 Å². The van der Waals surface area contributed by atoms with Crippen molar-refractivity contribution in [2.45, 2.75) is 33.1 Å². The van der Waals surface area contributed by atoms with Gasteiger partial charge in [-0.1, -0.05) is 62.4 Å². The number of hydrogen-bond acceptors (Lipinski definition) is 1. The normalized spacial score (nSPS) is 23.4. The number of unbranched alkanes of at least 4 members (excludes halogenated alkanes) is 1. The van der Waals surface area contributed by atoms with Crippen molar-refractivity contribution in [3.8, 4) is 16.9 Å². The molecule has 0 spiro atoms. The van der Waals surface area contributed by atoms with Gasteiger partial charge >= 0.3 is 0 Å². The standard InChI is InChI=1S/C23H31NO/c1-19-16-20(2)18-24(17-19)14-8-9-15-25-23-13-7-6-12-22(23)21-10-4-3-5-11-21/h3-7,10-13,19-20H,8-9,14-18H2,1-2H3/p+1/t19-,20+. The monoisotopic (exact) mass is 338 g/mol. The van der Waals surface area contributed by atoms with Crippen molar-refractivity contribution in [3.63, 3.8) is 0 Å². The van der Waals surface area contributed by atoms with Gasteiger partial charge in [-0.2, -0.15) is 0 Å². The van der Waals surface area contributed by atoms with Gasteiger partial charge < -0.3 is 9.64 Å².